The molecule has 0 saturated carbocycles. The third-order valence-electron chi connectivity index (χ3n) is 3.70. The van der Waals surface area contributed by atoms with E-state index < -0.39 is 11.7 Å². The van der Waals surface area contributed by atoms with Crippen LogP contribution in [0.5, 0.6) is 0 Å². The van der Waals surface area contributed by atoms with E-state index in [-0.39, 0.29) is 18.4 Å². The Morgan fingerprint density at radius 3 is 2.81 bits per heavy atom. The standard InChI is InChI=1S/C15H19F3N2O/c1-20(14(21)12-5-3-7-19-9-12)10-11-4-2-6-13(8-11)15(16,17)18/h2,4,6,8,12,19H,3,5,7,9-10H2,1H3. The highest BCUT2D eigenvalue weighted by Gasteiger charge is 2.30. The quantitative estimate of drug-likeness (QED) is 0.931. The SMILES string of the molecule is CN(Cc1cccc(C(F)(F)F)c1)C(=O)C1CCCNC1. The van der Waals surface area contributed by atoms with E-state index in [0.29, 0.717) is 12.1 Å². The summed E-state index contributed by atoms with van der Waals surface area (Å²) in [5, 5.41) is 3.17. The molecule has 0 spiro atoms. The number of amides is 1. The molecule has 116 valence electrons. The van der Waals surface area contributed by atoms with Crippen LogP contribution in [0.2, 0.25) is 0 Å². The number of carbonyl (C=O) groups is 1. The second-order valence-corrected chi connectivity index (χ2v) is 5.44. The van der Waals surface area contributed by atoms with Crippen molar-refractivity contribution in [2.24, 2.45) is 5.92 Å². The molecule has 0 aromatic heterocycles. The van der Waals surface area contributed by atoms with E-state index in [2.05, 4.69) is 5.32 Å². The first-order valence-corrected chi connectivity index (χ1v) is 7.00. The summed E-state index contributed by atoms with van der Waals surface area (Å²) in [6.45, 7) is 1.76. The number of hydrogen-bond donors (Lipinski definition) is 1. The van der Waals surface area contributed by atoms with Crippen molar-refractivity contribution in [2.75, 3.05) is 20.1 Å². The topological polar surface area (TPSA) is 32.3 Å². The summed E-state index contributed by atoms with van der Waals surface area (Å²) in [6.07, 6.45) is -2.57. The lowest BCUT2D eigenvalue weighted by Gasteiger charge is -2.27. The molecule has 1 aliphatic rings. The molecule has 1 amide bonds. The van der Waals surface area contributed by atoms with Crippen molar-refractivity contribution in [1.29, 1.82) is 0 Å². The van der Waals surface area contributed by atoms with Crippen molar-refractivity contribution in [1.82, 2.24) is 10.2 Å². The second kappa shape index (κ2) is 6.47. The molecule has 1 saturated heterocycles. The molecule has 3 nitrogen and oxygen atoms in total. The molecule has 6 heteroatoms. The molecule has 1 aromatic carbocycles. The van der Waals surface area contributed by atoms with E-state index in [1.165, 1.54) is 11.0 Å². The van der Waals surface area contributed by atoms with Crippen LogP contribution in [-0.2, 0) is 17.5 Å². The molecule has 1 unspecified atom stereocenters. The summed E-state index contributed by atoms with van der Waals surface area (Å²) in [7, 11) is 1.64. The number of alkyl halides is 3. The lowest BCUT2D eigenvalue weighted by Crippen LogP contribution is -2.41. The van der Waals surface area contributed by atoms with E-state index in [9.17, 15) is 18.0 Å². The Bertz CT molecular complexity index is 496. The van der Waals surface area contributed by atoms with Gasteiger partial charge in [0.2, 0.25) is 5.91 Å². The van der Waals surface area contributed by atoms with E-state index in [1.807, 2.05) is 0 Å². The average Bonchev–Trinajstić information content (AvgIpc) is 2.47. The van der Waals surface area contributed by atoms with Crippen LogP contribution >= 0.6 is 0 Å². The summed E-state index contributed by atoms with van der Waals surface area (Å²) in [6, 6.07) is 5.12. The van der Waals surface area contributed by atoms with Crippen LogP contribution < -0.4 is 5.32 Å². The third-order valence-corrected chi connectivity index (χ3v) is 3.70. The zero-order valence-corrected chi connectivity index (χ0v) is 11.9. The predicted molar refractivity (Wildman–Crippen MR) is 73.5 cm³/mol. The Labute approximate surface area is 122 Å². The number of carbonyl (C=O) groups excluding carboxylic acids is 1. The number of hydrogen-bond acceptors (Lipinski definition) is 2. The number of nitrogens with zero attached hydrogens (tertiary/aromatic N) is 1. The molecule has 1 fully saturated rings. The first-order chi connectivity index (χ1) is 9.88. The van der Waals surface area contributed by atoms with E-state index >= 15 is 0 Å². The first-order valence-electron chi connectivity index (χ1n) is 7.00. The lowest BCUT2D eigenvalue weighted by molar-refractivity contribution is -0.137. The first kappa shape index (κ1) is 15.8. The Hall–Kier alpha value is -1.56. The summed E-state index contributed by atoms with van der Waals surface area (Å²) < 4.78 is 38.0. The maximum absolute atomic E-state index is 12.7. The van der Waals surface area contributed by atoms with Crippen LogP contribution in [0.25, 0.3) is 0 Å². The molecule has 0 radical (unpaired) electrons. The average molecular weight is 300 g/mol. The summed E-state index contributed by atoms with van der Waals surface area (Å²) >= 11 is 0. The fourth-order valence-electron chi connectivity index (χ4n) is 2.57. The van der Waals surface area contributed by atoms with Crippen LogP contribution in [0, 0.1) is 5.92 Å². The van der Waals surface area contributed by atoms with Gasteiger partial charge in [-0.3, -0.25) is 4.79 Å². The van der Waals surface area contributed by atoms with Gasteiger partial charge in [-0.15, -0.1) is 0 Å². The van der Waals surface area contributed by atoms with Crippen molar-refractivity contribution in [3.63, 3.8) is 0 Å². The molecule has 1 atom stereocenters. The fraction of sp³-hybridized carbons (Fsp3) is 0.533. The Kier molecular flexibility index (Phi) is 4.88. The molecule has 1 aliphatic heterocycles. The molecular weight excluding hydrogens is 281 g/mol. The molecule has 21 heavy (non-hydrogen) atoms. The normalized spacial score (nSPS) is 19.3. The number of benzene rings is 1. The minimum absolute atomic E-state index is 0.0142. The van der Waals surface area contributed by atoms with Crippen molar-refractivity contribution in [2.45, 2.75) is 25.6 Å². The highest BCUT2D eigenvalue weighted by atomic mass is 19.4. The molecule has 1 heterocycles. The number of nitrogens with one attached hydrogen (secondary N) is 1. The van der Waals surface area contributed by atoms with Crippen molar-refractivity contribution in [3.05, 3.63) is 35.4 Å². The van der Waals surface area contributed by atoms with Crippen LogP contribution in [-0.4, -0.2) is 30.9 Å². The summed E-state index contributed by atoms with van der Waals surface area (Å²) in [5.74, 6) is -0.0887. The van der Waals surface area contributed by atoms with Crippen LogP contribution in [0.15, 0.2) is 24.3 Å². The van der Waals surface area contributed by atoms with Gasteiger partial charge in [0, 0.05) is 20.1 Å². The number of piperidine rings is 1. The van der Waals surface area contributed by atoms with Gasteiger partial charge in [0.05, 0.1) is 11.5 Å². The van der Waals surface area contributed by atoms with Crippen molar-refractivity contribution < 1.29 is 18.0 Å². The maximum atomic E-state index is 12.7. The largest absolute Gasteiger partial charge is 0.416 e. The minimum atomic E-state index is -4.36. The molecule has 0 bridgehead atoms. The van der Waals surface area contributed by atoms with Crippen LogP contribution in [0.3, 0.4) is 0 Å². The van der Waals surface area contributed by atoms with E-state index in [4.69, 9.17) is 0 Å². The summed E-state index contributed by atoms with van der Waals surface area (Å²) in [5.41, 5.74) is -0.190. The van der Waals surface area contributed by atoms with Gasteiger partial charge in [0.15, 0.2) is 0 Å². The molecule has 1 N–H and O–H groups in total. The Morgan fingerprint density at radius 2 is 2.19 bits per heavy atom. The zero-order chi connectivity index (χ0) is 15.5. The van der Waals surface area contributed by atoms with Crippen molar-refractivity contribution in [3.8, 4) is 0 Å². The van der Waals surface area contributed by atoms with Gasteiger partial charge in [-0.25, -0.2) is 0 Å². The molecular formula is C15H19F3N2O. The number of halogens is 3. The van der Waals surface area contributed by atoms with Gasteiger partial charge >= 0.3 is 6.18 Å². The predicted octanol–water partition coefficient (Wildman–Crippen LogP) is 2.66. The van der Waals surface area contributed by atoms with Gasteiger partial charge in [0.1, 0.15) is 0 Å². The highest BCUT2D eigenvalue weighted by Crippen LogP contribution is 2.29. The van der Waals surface area contributed by atoms with Gasteiger partial charge in [-0.2, -0.15) is 13.2 Å². The summed E-state index contributed by atoms with van der Waals surface area (Å²) in [4.78, 5) is 13.8. The monoisotopic (exact) mass is 300 g/mol. The number of rotatable bonds is 3. The molecule has 2 rings (SSSR count). The van der Waals surface area contributed by atoms with Crippen LogP contribution in [0.4, 0.5) is 13.2 Å². The van der Waals surface area contributed by atoms with Gasteiger partial charge in [-0.05, 0) is 37.1 Å². The van der Waals surface area contributed by atoms with E-state index in [1.54, 1.807) is 13.1 Å². The minimum Gasteiger partial charge on any atom is -0.341 e. The molecule has 1 aromatic rings. The maximum Gasteiger partial charge on any atom is 0.416 e. The van der Waals surface area contributed by atoms with Crippen LogP contribution in [0.1, 0.15) is 24.0 Å². The van der Waals surface area contributed by atoms with Gasteiger partial charge in [0.25, 0.3) is 0 Å². The smallest absolute Gasteiger partial charge is 0.341 e. The Morgan fingerprint density at radius 1 is 1.43 bits per heavy atom. The third kappa shape index (κ3) is 4.20. The lowest BCUT2D eigenvalue weighted by atomic mass is 9.98. The van der Waals surface area contributed by atoms with Gasteiger partial charge in [-0.1, -0.05) is 12.1 Å². The highest BCUT2D eigenvalue weighted by molar-refractivity contribution is 5.78. The second-order valence-electron chi connectivity index (χ2n) is 5.44. The Balaban J connectivity index is 2.02. The fourth-order valence-corrected chi connectivity index (χ4v) is 2.57. The zero-order valence-electron chi connectivity index (χ0n) is 11.9. The van der Waals surface area contributed by atoms with Gasteiger partial charge < -0.3 is 10.2 Å². The van der Waals surface area contributed by atoms with Crippen molar-refractivity contribution >= 4 is 5.91 Å². The molecule has 0 aliphatic carbocycles. The van der Waals surface area contributed by atoms with E-state index in [0.717, 1.165) is 31.5 Å².